The van der Waals surface area contributed by atoms with Crippen molar-refractivity contribution >= 4 is 23.0 Å². The van der Waals surface area contributed by atoms with Gasteiger partial charge in [-0.2, -0.15) is 0 Å². The number of carbonyl (C=O) groups is 1. The minimum absolute atomic E-state index is 0.0101. The maximum Gasteiger partial charge on any atom is 0.226 e. The highest BCUT2D eigenvalue weighted by atomic mass is 16.5. The molecule has 0 fully saturated rings. The molecule has 146 valence electrons. The number of nitrogens with zero attached hydrogens (tertiary/aromatic N) is 1. The van der Waals surface area contributed by atoms with Crippen molar-refractivity contribution in [1.29, 1.82) is 0 Å². The molecule has 0 aliphatic rings. The summed E-state index contributed by atoms with van der Waals surface area (Å²) in [6, 6.07) is 13.8. The van der Waals surface area contributed by atoms with Crippen LogP contribution in [-0.2, 0) is 4.79 Å². The van der Waals surface area contributed by atoms with Crippen molar-refractivity contribution in [1.82, 2.24) is 0 Å². The summed E-state index contributed by atoms with van der Waals surface area (Å²) in [6.07, 6.45) is 0.407. The Balaban J connectivity index is 1.82. The van der Waals surface area contributed by atoms with E-state index in [0.29, 0.717) is 19.6 Å². The van der Waals surface area contributed by atoms with Crippen LogP contribution in [0.15, 0.2) is 42.5 Å². The minimum atomic E-state index is -0.0101. The van der Waals surface area contributed by atoms with Crippen LogP contribution in [0.2, 0.25) is 0 Å². The quantitative estimate of drug-likeness (QED) is 0.638. The van der Waals surface area contributed by atoms with Gasteiger partial charge in [0.1, 0.15) is 5.75 Å². The van der Waals surface area contributed by atoms with Gasteiger partial charge in [-0.05, 0) is 75.7 Å². The lowest BCUT2D eigenvalue weighted by atomic mass is 10.1. The van der Waals surface area contributed by atoms with Crippen LogP contribution in [-0.4, -0.2) is 32.1 Å². The lowest BCUT2D eigenvalue weighted by molar-refractivity contribution is -0.115. The highest BCUT2D eigenvalue weighted by molar-refractivity contribution is 5.91. The van der Waals surface area contributed by atoms with Crippen LogP contribution < -0.4 is 20.3 Å². The molecular weight excluding hydrogens is 338 g/mol. The molecular formula is C22H31N3O2. The fraction of sp³-hybridized carbons (Fsp3) is 0.409. The Kier molecular flexibility index (Phi) is 7.99. The molecule has 0 saturated carbocycles. The van der Waals surface area contributed by atoms with Crippen molar-refractivity contribution in [3.63, 3.8) is 0 Å². The molecule has 0 saturated heterocycles. The average molecular weight is 370 g/mol. The Morgan fingerprint density at radius 3 is 2.33 bits per heavy atom. The van der Waals surface area contributed by atoms with Gasteiger partial charge in [-0.25, -0.2) is 0 Å². The summed E-state index contributed by atoms with van der Waals surface area (Å²) in [7, 11) is 0. The van der Waals surface area contributed by atoms with Crippen molar-refractivity contribution < 1.29 is 9.53 Å². The number of anilines is 3. The smallest absolute Gasteiger partial charge is 0.226 e. The first-order valence-electron chi connectivity index (χ1n) is 9.69. The lowest BCUT2D eigenvalue weighted by Crippen LogP contribution is -2.22. The maximum absolute atomic E-state index is 12.1. The van der Waals surface area contributed by atoms with E-state index in [-0.39, 0.29) is 5.91 Å². The van der Waals surface area contributed by atoms with Gasteiger partial charge in [0.2, 0.25) is 5.91 Å². The largest absolute Gasteiger partial charge is 0.494 e. The molecule has 0 unspecified atom stereocenters. The van der Waals surface area contributed by atoms with Crippen LogP contribution in [0.25, 0.3) is 0 Å². The molecule has 0 aromatic heterocycles. The Hall–Kier alpha value is -2.69. The summed E-state index contributed by atoms with van der Waals surface area (Å²) in [5.74, 6) is 0.796. The van der Waals surface area contributed by atoms with Gasteiger partial charge >= 0.3 is 0 Å². The first kappa shape index (κ1) is 20.6. The molecule has 2 aromatic carbocycles. The number of carbonyl (C=O) groups excluding carboxylic acids is 1. The molecule has 2 aromatic rings. The second-order valence-electron chi connectivity index (χ2n) is 6.35. The van der Waals surface area contributed by atoms with Gasteiger partial charge in [-0.1, -0.05) is 0 Å². The zero-order chi connectivity index (χ0) is 19.6. The number of benzene rings is 2. The van der Waals surface area contributed by atoms with Crippen LogP contribution in [0.3, 0.4) is 0 Å². The topological polar surface area (TPSA) is 53.6 Å². The summed E-state index contributed by atoms with van der Waals surface area (Å²) in [4.78, 5) is 14.5. The molecule has 2 N–H and O–H groups in total. The van der Waals surface area contributed by atoms with E-state index in [0.717, 1.165) is 30.2 Å². The minimum Gasteiger partial charge on any atom is -0.494 e. The summed E-state index contributed by atoms with van der Waals surface area (Å²) < 4.78 is 5.40. The molecule has 5 nitrogen and oxygen atoms in total. The molecule has 0 bridgehead atoms. The van der Waals surface area contributed by atoms with E-state index < -0.39 is 0 Å². The second kappa shape index (κ2) is 10.5. The Morgan fingerprint density at radius 2 is 1.74 bits per heavy atom. The number of nitrogens with one attached hydrogen (secondary N) is 2. The molecule has 0 aliphatic carbocycles. The van der Waals surface area contributed by atoms with E-state index in [4.69, 9.17) is 4.74 Å². The number of rotatable bonds is 10. The van der Waals surface area contributed by atoms with Crippen molar-refractivity contribution in [3.05, 3.63) is 48.0 Å². The van der Waals surface area contributed by atoms with Crippen LogP contribution in [0.4, 0.5) is 17.1 Å². The number of amides is 1. The van der Waals surface area contributed by atoms with Crippen LogP contribution in [0.5, 0.6) is 5.75 Å². The molecule has 5 heteroatoms. The summed E-state index contributed by atoms with van der Waals surface area (Å²) in [6.45, 7) is 11.6. The Bertz CT molecular complexity index is 725. The zero-order valence-electron chi connectivity index (χ0n) is 16.8. The van der Waals surface area contributed by atoms with Gasteiger partial charge in [-0.15, -0.1) is 0 Å². The first-order chi connectivity index (χ1) is 13.1. The van der Waals surface area contributed by atoms with Gasteiger partial charge in [0.25, 0.3) is 0 Å². The fourth-order valence-electron chi connectivity index (χ4n) is 2.97. The van der Waals surface area contributed by atoms with E-state index in [1.54, 1.807) is 0 Å². The molecule has 0 radical (unpaired) electrons. The number of hydrogen-bond donors (Lipinski definition) is 2. The third-order valence-electron chi connectivity index (χ3n) is 4.46. The van der Waals surface area contributed by atoms with Crippen LogP contribution >= 0.6 is 0 Å². The molecule has 2 rings (SSSR count). The van der Waals surface area contributed by atoms with Crippen LogP contribution in [0, 0.1) is 6.92 Å². The highest BCUT2D eigenvalue weighted by Gasteiger charge is 2.06. The van der Waals surface area contributed by atoms with Gasteiger partial charge < -0.3 is 20.3 Å². The Morgan fingerprint density at radius 1 is 1.04 bits per heavy atom. The SMILES string of the molecule is CCOc1ccc(NC(=O)CCNc2ccc(N(CC)CC)cc2C)cc1. The van der Waals surface area contributed by atoms with E-state index >= 15 is 0 Å². The number of ether oxygens (including phenoxy) is 1. The Labute approximate surface area is 162 Å². The number of hydrogen-bond acceptors (Lipinski definition) is 4. The van der Waals surface area contributed by atoms with Gasteiger partial charge in [-0.3, -0.25) is 4.79 Å². The molecule has 0 atom stereocenters. The summed E-state index contributed by atoms with van der Waals surface area (Å²) in [5.41, 5.74) is 4.27. The third-order valence-corrected chi connectivity index (χ3v) is 4.46. The standard InChI is InChI=1S/C22H31N3O2/c1-5-25(6-2)19-10-13-21(17(4)16-19)23-15-14-22(26)24-18-8-11-20(12-9-18)27-7-3/h8-13,16,23H,5-7,14-15H2,1-4H3,(H,24,26). The zero-order valence-corrected chi connectivity index (χ0v) is 16.8. The second-order valence-corrected chi connectivity index (χ2v) is 6.35. The molecule has 1 amide bonds. The molecule has 0 aliphatic heterocycles. The van der Waals surface area contributed by atoms with Crippen molar-refractivity contribution in [2.75, 3.05) is 41.8 Å². The fourth-order valence-corrected chi connectivity index (χ4v) is 2.97. The van der Waals surface area contributed by atoms with Gasteiger partial charge in [0.15, 0.2) is 0 Å². The van der Waals surface area contributed by atoms with E-state index in [1.807, 2.05) is 31.2 Å². The first-order valence-corrected chi connectivity index (χ1v) is 9.69. The summed E-state index contributed by atoms with van der Waals surface area (Å²) in [5, 5.41) is 6.27. The van der Waals surface area contributed by atoms with Gasteiger partial charge in [0, 0.05) is 43.1 Å². The molecule has 0 spiro atoms. The monoisotopic (exact) mass is 369 g/mol. The predicted molar refractivity (Wildman–Crippen MR) is 114 cm³/mol. The van der Waals surface area contributed by atoms with Crippen molar-refractivity contribution in [2.24, 2.45) is 0 Å². The average Bonchev–Trinajstić information content (AvgIpc) is 2.66. The van der Waals surface area contributed by atoms with Crippen LogP contribution in [0.1, 0.15) is 32.8 Å². The molecule has 0 heterocycles. The molecule has 27 heavy (non-hydrogen) atoms. The third kappa shape index (κ3) is 6.20. The lowest BCUT2D eigenvalue weighted by Gasteiger charge is -2.22. The number of aryl methyl sites for hydroxylation is 1. The predicted octanol–water partition coefficient (Wildman–Crippen LogP) is 4.68. The van der Waals surface area contributed by atoms with Crippen molar-refractivity contribution in [2.45, 2.75) is 34.1 Å². The maximum atomic E-state index is 12.1. The summed E-state index contributed by atoms with van der Waals surface area (Å²) >= 11 is 0. The van der Waals surface area contributed by atoms with Gasteiger partial charge in [0.05, 0.1) is 6.61 Å². The van der Waals surface area contributed by atoms with E-state index in [2.05, 4.69) is 54.5 Å². The van der Waals surface area contributed by atoms with E-state index in [1.165, 1.54) is 11.3 Å². The van der Waals surface area contributed by atoms with E-state index in [9.17, 15) is 4.79 Å². The van der Waals surface area contributed by atoms with Crippen molar-refractivity contribution in [3.8, 4) is 5.75 Å². The highest BCUT2D eigenvalue weighted by Crippen LogP contribution is 2.22. The normalized spacial score (nSPS) is 10.4.